The van der Waals surface area contributed by atoms with Crippen molar-refractivity contribution >= 4 is 44.9 Å². The Hall–Kier alpha value is 0.210. The summed E-state index contributed by atoms with van der Waals surface area (Å²) >= 11 is 11.1. The van der Waals surface area contributed by atoms with Crippen LogP contribution in [0.2, 0.25) is 0 Å². The zero-order valence-electron chi connectivity index (χ0n) is 7.68. The third-order valence-electron chi connectivity index (χ3n) is 1.86. The number of alkyl halides is 1. The first-order chi connectivity index (χ1) is 6.15. The van der Waals surface area contributed by atoms with Gasteiger partial charge in [0.25, 0.3) is 0 Å². The smallest absolute Gasteiger partial charge is 0.0439 e. The van der Waals surface area contributed by atoms with E-state index < -0.39 is 0 Å². The first-order valence-electron chi connectivity index (χ1n) is 4.14. The summed E-state index contributed by atoms with van der Waals surface area (Å²) in [6.07, 6.45) is 2.17. The first kappa shape index (κ1) is 11.3. The van der Waals surface area contributed by atoms with Crippen LogP contribution in [-0.2, 0) is 0 Å². The van der Waals surface area contributed by atoms with Crippen LogP contribution >= 0.6 is 38.9 Å². The number of allylic oxidation sites excluding steroid dienone is 1. The fourth-order valence-corrected chi connectivity index (χ4v) is 2.77. The van der Waals surface area contributed by atoms with Crippen molar-refractivity contribution in [3.05, 3.63) is 26.4 Å². The van der Waals surface area contributed by atoms with Crippen molar-refractivity contribution in [1.82, 2.24) is 0 Å². The standard InChI is InChI=1S/C10H12BrClS/c1-7(2)8(6-12)5-10-9(11)3-4-13-10/h3-5,7H,6H2,1-2H3/b8-5+. The minimum atomic E-state index is 0.520. The summed E-state index contributed by atoms with van der Waals surface area (Å²) in [5.41, 5.74) is 1.28. The van der Waals surface area contributed by atoms with E-state index in [2.05, 4.69) is 47.3 Å². The van der Waals surface area contributed by atoms with Crippen molar-refractivity contribution < 1.29 is 0 Å². The lowest BCUT2D eigenvalue weighted by molar-refractivity contribution is 0.778. The number of halogens is 2. The second-order valence-electron chi connectivity index (χ2n) is 3.14. The maximum absolute atomic E-state index is 5.85. The Balaban J connectivity index is 2.91. The topological polar surface area (TPSA) is 0 Å². The summed E-state index contributed by atoms with van der Waals surface area (Å²) < 4.78 is 1.15. The average Bonchev–Trinajstić information content (AvgIpc) is 2.46. The molecule has 13 heavy (non-hydrogen) atoms. The summed E-state index contributed by atoms with van der Waals surface area (Å²) in [5.74, 6) is 1.13. The normalized spacial score (nSPS) is 12.5. The molecule has 0 N–H and O–H groups in total. The van der Waals surface area contributed by atoms with Crippen LogP contribution in [0.15, 0.2) is 21.5 Å². The fourth-order valence-electron chi connectivity index (χ4n) is 0.936. The Morgan fingerprint density at radius 1 is 1.69 bits per heavy atom. The molecule has 0 nitrogen and oxygen atoms in total. The van der Waals surface area contributed by atoms with Gasteiger partial charge in [0.05, 0.1) is 0 Å². The van der Waals surface area contributed by atoms with Gasteiger partial charge in [-0.05, 0) is 39.4 Å². The molecule has 0 radical (unpaired) electrons. The van der Waals surface area contributed by atoms with E-state index in [-0.39, 0.29) is 0 Å². The maximum atomic E-state index is 5.85. The summed E-state index contributed by atoms with van der Waals surface area (Å²) in [7, 11) is 0. The molecule has 0 aromatic carbocycles. The van der Waals surface area contributed by atoms with Crippen molar-refractivity contribution in [2.75, 3.05) is 5.88 Å². The van der Waals surface area contributed by atoms with E-state index in [1.54, 1.807) is 11.3 Å². The van der Waals surface area contributed by atoms with Crippen LogP contribution in [0.1, 0.15) is 18.7 Å². The van der Waals surface area contributed by atoms with Crippen LogP contribution in [0.25, 0.3) is 6.08 Å². The third kappa shape index (κ3) is 3.12. The molecule has 0 saturated heterocycles. The molecule has 0 bridgehead atoms. The van der Waals surface area contributed by atoms with Crippen molar-refractivity contribution in [2.45, 2.75) is 13.8 Å². The Morgan fingerprint density at radius 2 is 2.38 bits per heavy atom. The lowest BCUT2D eigenvalue weighted by Gasteiger charge is -2.06. The van der Waals surface area contributed by atoms with Gasteiger partial charge in [0.1, 0.15) is 0 Å². The molecular weight excluding hydrogens is 268 g/mol. The van der Waals surface area contributed by atoms with Crippen LogP contribution in [0.3, 0.4) is 0 Å². The largest absolute Gasteiger partial charge is 0.143 e. The molecular formula is C10H12BrClS. The number of rotatable bonds is 3. The Kier molecular flexibility index (Phi) is 4.50. The molecule has 3 heteroatoms. The number of hydrogen-bond acceptors (Lipinski definition) is 1. The zero-order valence-corrected chi connectivity index (χ0v) is 10.8. The predicted octanol–water partition coefficient (Wildman–Crippen LogP) is 4.79. The minimum Gasteiger partial charge on any atom is -0.143 e. The van der Waals surface area contributed by atoms with E-state index in [1.165, 1.54) is 10.5 Å². The molecule has 1 aromatic rings. The van der Waals surface area contributed by atoms with E-state index in [4.69, 9.17) is 11.6 Å². The van der Waals surface area contributed by atoms with E-state index in [1.807, 2.05) is 0 Å². The van der Waals surface area contributed by atoms with E-state index in [0.29, 0.717) is 11.8 Å². The van der Waals surface area contributed by atoms with Crippen LogP contribution in [0.4, 0.5) is 0 Å². The summed E-state index contributed by atoms with van der Waals surface area (Å²) in [6.45, 7) is 4.32. The molecule has 0 spiro atoms. The number of thiophene rings is 1. The molecule has 0 fully saturated rings. The summed E-state index contributed by atoms with van der Waals surface area (Å²) in [4.78, 5) is 1.25. The van der Waals surface area contributed by atoms with Gasteiger partial charge in [0.2, 0.25) is 0 Å². The molecule has 0 amide bonds. The van der Waals surface area contributed by atoms with Gasteiger partial charge in [-0.3, -0.25) is 0 Å². The van der Waals surface area contributed by atoms with Gasteiger partial charge in [0, 0.05) is 15.2 Å². The molecule has 1 aromatic heterocycles. The van der Waals surface area contributed by atoms with Gasteiger partial charge in [-0.2, -0.15) is 0 Å². The van der Waals surface area contributed by atoms with Crippen molar-refractivity contribution in [3.63, 3.8) is 0 Å². The first-order valence-corrected chi connectivity index (χ1v) is 6.35. The highest BCUT2D eigenvalue weighted by atomic mass is 79.9. The monoisotopic (exact) mass is 278 g/mol. The summed E-state index contributed by atoms with van der Waals surface area (Å²) in [5, 5.41) is 2.07. The van der Waals surface area contributed by atoms with Crippen molar-refractivity contribution in [3.8, 4) is 0 Å². The molecule has 0 saturated carbocycles. The van der Waals surface area contributed by atoms with Gasteiger partial charge in [0.15, 0.2) is 0 Å². The highest BCUT2D eigenvalue weighted by Crippen LogP contribution is 2.27. The molecule has 0 unspecified atom stereocenters. The Bertz CT molecular complexity index is 302. The van der Waals surface area contributed by atoms with Crippen LogP contribution in [-0.4, -0.2) is 5.88 Å². The van der Waals surface area contributed by atoms with Gasteiger partial charge in [-0.15, -0.1) is 22.9 Å². The SMILES string of the molecule is CC(C)/C(=C/c1sccc1Br)CCl. The summed E-state index contributed by atoms with van der Waals surface area (Å²) in [6, 6.07) is 2.06. The molecule has 0 aliphatic heterocycles. The fraction of sp³-hybridized carbons (Fsp3) is 0.400. The predicted molar refractivity (Wildman–Crippen MR) is 65.6 cm³/mol. The van der Waals surface area contributed by atoms with Gasteiger partial charge in [-0.1, -0.05) is 19.4 Å². The molecule has 1 heterocycles. The van der Waals surface area contributed by atoms with Crippen LogP contribution in [0.5, 0.6) is 0 Å². The Morgan fingerprint density at radius 3 is 2.77 bits per heavy atom. The lowest BCUT2D eigenvalue weighted by Crippen LogP contribution is -1.94. The third-order valence-corrected chi connectivity index (χ3v) is 3.98. The van der Waals surface area contributed by atoms with E-state index >= 15 is 0 Å². The highest BCUT2D eigenvalue weighted by Gasteiger charge is 2.04. The second-order valence-corrected chi connectivity index (χ2v) is 5.21. The van der Waals surface area contributed by atoms with E-state index in [9.17, 15) is 0 Å². The molecule has 0 atom stereocenters. The van der Waals surface area contributed by atoms with E-state index in [0.717, 1.165) is 4.47 Å². The zero-order chi connectivity index (χ0) is 9.84. The quantitative estimate of drug-likeness (QED) is 0.698. The average molecular weight is 280 g/mol. The molecule has 1 rings (SSSR count). The van der Waals surface area contributed by atoms with Gasteiger partial charge >= 0.3 is 0 Å². The van der Waals surface area contributed by atoms with Crippen molar-refractivity contribution in [1.29, 1.82) is 0 Å². The molecule has 0 aliphatic carbocycles. The second kappa shape index (κ2) is 5.18. The van der Waals surface area contributed by atoms with Crippen molar-refractivity contribution in [2.24, 2.45) is 5.92 Å². The Labute approximate surface area is 96.7 Å². The van der Waals surface area contributed by atoms with Crippen LogP contribution in [0, 0.1) is 5.92 Å². The van der Waals surface area contributed by atoms with Gasteiger partial charge in [-0.25, -0.2) is 0 Å². The van der Waals surface area contributed by atoms with Gasteiger partial charge < -0.3 is 0 Å². The number of hydrogen-bond donors (Lipinski definition) is 0. The maximum Gasteiger partial charge on any atom is 0.0439 e. The lowest BCUT2D eigenvalue weighted by atomic mass is 10.0. The minimum absolute atomic E-state index is 0.520. The molecule has 0 aliphatic rings. The highest BCUT2D eigenvalue weighted by molar-refractivity contribution is 9.10. The van der Waals surface area contributed by atoms with Crippen LogP contribution < -0.4 is 0 Å². The molecule has 72 valence electrons.